The number of nitrogens with zero attached hydrogens (tertiary/aromatic N) is 1. The van der Waals surface area contributed by atoms with E-state index in [0.29, 0.717) is 25.9 Å². The molecular formula is C13H22N4O3. The summed E-state index contributed by atoms with van der Waals surface area (Å²) in [6, 6.07) is -1.02. The summed E-state index contributed by atoms with van der Waals surface area (Å²) in [5.74, 6) is -0.396. The molecule has 2 heterocycles. The molecule has 0 aromatic carbocycles. The molecule has 4 N–H and O–H groups in total. The number of hydrogen-bond donors (Lipinski definition) is 3. The van der Waals surface area contributed by atoms with Crippen LogP contribution < -0.4 is 16.4 Å². The third kappa shape index (κ3) is 2.49. The average molecular weight is 282 g/mol. The summed E-state index contributed by atoms with van der Waals surface area (Å²) < 4.78 is 0. The van der Waals surface area contributed by atoms with Gasteiger partial charge < -0.3 is 16.0 Å². The fourth-order valence-corrected chi connectivity index (χ4v) is 2.56. The Labute approximate surface area is 118 Å². The van der Waals surface area contributed by atoms with E-state index < -0.39 is 17.6 Å². The standard InChI is InChI=1S/C13H22N4O3/c1-12(2,3)8(14)9(18)17-6-4-13(5-7-17)10(19)15-11(20)16-13/h8H,4-7,14H2,1-3H3,(H2,15,16,19,20)/t8-/m0/s1. The second-order valence-corrected chi connectivity index (χ2v) is 6.66. The first-order chi connectivity index (χ1) is 9.16. The Bertz CT molecular complexity index is 447. The number of carbonyl (C=O) groups excluding carboxylic acids is 3. The van der Waals surface area contributed by atoms with Crippen LogP contribution in [0.1, 0.15) is 33.6 Å². The Morgan fingerprint density at radius 1 is 1.30 bits per heavy atom. The van der Waals surface area contributed by atoms with Crippen LogP contribution in [0.4, 0.5) is 4.79 Å². The number of imide groups is 1. The minimum atomic E-state index is -0.848. The Morgan fingerprint density at radius 3 is 2.25 bits per heavy atom. The van der Waals surface area contributed by atoms with Crippen LogP contribution >= 0.6 is 0 Å². The summed E-state index contributed by atoms with van der Waals surface area (Å²) in [4.78, 5) is 37.0. The van der Waals surface area contributed by atoms with Gasteiger partial charge in [0.25, 0.3) is 5.91 Å². The smallest absolute Gasteiger partial charge is 0.322 e. The highest BCUT2D eigenvalue weighted by Crippen LogP contribution is 2.27. The molecule has 4 amide bonds. The lowest BCUT2D eigenvalue weighted by atomic mass is 9.84. The van der Waals surface area contributed by atoms with Gasteiger partial charge in [0.2, 0.25) is 5.91 Å². The van der Waals surface area contributed by atoms with Gasteiger partial charge in [0.1, 0.15) is 5.54 Å². The number of amides is 4. The van der Waals surface area contributed by atoms with Gasteiger partial charge in [-0.2, -0.15) is 0 Å². The molecule has 0 radical (unpaired) electrons. The van der Waals surface area contributed by atoms with Crippen molar-refractivity contribution in [3.8, 4) is 0 Å². The first-order valence-corrected chi connectivity index (χ1v) is 6.84. The number of hydrogen-bond acceptors (Lipinski definition) is 4. The van der Waals surface area contributed by atoms with E-state index in [9.17, 15) is 14.4 Å². The van der Waals surface area contributed by atoms with Gasteiger partial charge in [-0.05, 0) is 18.3 Å². The highest BCUT2D eigenvalue weighted by atomic mass is 16.2. The molecule has 7 heteroatoms. The molecule has 20 heavy (non-hydrogen) atoms. The summed E-state index contributed by atoms with van der Waals surface area (Å²) in [5, 5.41) is 4.92. The predicted molar refractivity (Wildman–Crippen MR) is 72.6 cm³/mol. The predicted octanol–water partition coefficient (Wildman–Crippen LogP) is -0.440. The summed E-state index contributed by atoms with van der Waals surface area (Å²) in [5.41, 5.74) is 4.83. The fraction of sp³-hybridized carbons (Fsp3) is 0.769. The molecule has 0 saturated carbocycles. The molecule has 2 aliphatic heterocycles. The van der Waals surface area contributed by atoms with Crippen LogP contribution in [-0.4, -0.2) is 47.4 Å². The van der Waals surface area contributed by atoms with Crippen molar-refractivity contribution in [3.63, 3.8) is 0 Å². The first-order valence-electron chi connectivity index (χ1n) is 6.84. The van der Waals surface area contributed by atoms with Crippen molar-refractivity contribution < 1.29 is 14.4 Å². The second-order valence-electron chi connectivity index (χ2n) is 6.66. The molecule has 7 nitrogen and oxygen atoms in total. The van der Waals surface area contributed by atoms with Gasteiger partial charge in [0.05, 0.1) is 6.04 Å². The van der Waals surface area contributed by atoms with Crippen molar-refractivity contribution in [1.29, 1.82) is 0 Å². The van der Waals surface area contributed by atoms with Gasteiger partial charge >= 0.3 is 6.03 Å². The number of carbonyl (C=O) groups is 3. The zero-order valence-electron chi connectivity index (χ0n) is 12.2. The van der Waals surface area contributed by atoms with Crippen LogP contribution in [-0.2, 0) is 9.59 Å². The van der Waals surface area contributed by atoms with Crippen molar-refractivity contribution in [2.24, 2.45) is 11.1 Å². The van der Waals surface area contributed by atoms with E-state index in [1.54, 1.807) is 4.90 Å². The van der Waals surface area contributed by atoms with Crippen molar-refractivity contribution in [2.45, 2.75) is 45.2 Å². The third-order valence-electron chi connectivity index (χ3n) is 4.14. The van der Waals surface area contributed by atoms with E-state index >= 15 is 0 Å². The number of urea groups is 1. The van der Waals surface area contributed by atoms with E-state index in [0.717, 1.165) is 0 Å². The van der Waals surface area contributed by atoms with Crippen LogP contribution in [0, 0.1) is 5.41 Å². The number of piperidine rings is 1. The third-order valence-corrected chi connectivity index (χ3v) is 4.14. The summed E-state index contributed by atoms with van der Waals surface area (Å²) in [6.07, 6.45) is 0.848. The second kappa shape index (κ2) is 4.73. The van der Waals surface area contributed by atoms with Gasteiger partial charge in [0, 0.05) is 13.1 Å². The Balaban J connectivity index is 2.00. The van der Waals surface area contributed by atoms with Gasteiger partial charge in [-0.3, -0.25) is 14.9 Å². The zero-order chi connectivity index (χ0) is 15.1. The van der Waals surface area contributed by atoms with Gasteiger partial charge in [-0.15, -0.1) is 0 Å². The summed E-state index contributed by atoms with van der Waals surface area (Å²) in [7, 11) is 0. The minimum Gasteiger partial charge on any atom is -0.341 e. The number of rotatable bonds is 1. The van der Waals surface area contributed by atoms with Crippen LogP contribution in [0.15, 0.2) is 0 Å². The lowest BCUT2D eigenvalue weighted by molar-refractivity contribution is -0.138. The van der Waals surface area contributed by atoms with Crippen LogP contribution in [0.3, 0.4) is 0 Å². The first kappa shape index (κ1) is 14.8. The molecule has 2 rings (SSSR count). The normalized spacial score (nSPS) is 23.5. The van der Waals surface area contributed by atoms with Crippen molar-refractivity contribution in [2.75, 3.05) is 13.1 Å². The number of nitrogens with one attached hydrogen (secondary N) is 2. The Hall–Kier alpha value is -1.63. The maximum absolute atomic E-state index is 12.3. The molecule has 2 aliphatic rings. The molecule has 1 spiro atoms. The SMILES string of the molecule is CC(C)(C)[C@@H](N)C(=O)N1CCC2(CC1)NC(=O)NC2=O. The molecule has 0 bridgehead atoms. The number of likely N-dealkylation sites (tertiary alicyclic amines) is 1. The van der Waals surface area contributed by atoms with E-state index in [4.69, 9.17) is 5.73 Å². The number of nitrogens with two attached hydrogens (primary N) is 1. The lowest BCUT2D eigenvalue weighted by Gasteiger charge is -2.39. The van der Waals surface area contributed by atoms with E-state index in [1.807, 2.05) is 20.8 Å². The average Bonchev–Trinajstić information content (AvgIpc) is 2.62. The van der Waals surface area contributed by atoms with Crippen molar-refractivity contribution >= 4 is 17.8 Å². The van der Waals surface area contributed by atoms with E-state index in [2.05, 4.69) is 10.6 Å². The highest BCUT2D eigenvalue weighted by Gasteiger charge is 2.48. The molecule has 2 fully saturated rings. The van der Waals surface area contributed by atoms with Crippen LogP contribution in [0.25, 0.3) is 0 Å². The van der Waals surface area contributed by atoms with Crippen LogP contribution in [0.5, 0.6) is 0 Å². The van der Waals surface area contributed by atoms with Crippen molar-refractivity contribution in [3.05, 3.63) is 0 Å². The lowest BCUT2D eigenvalue weighted by Crippen LogP contribution is -2.59. The maximum Gasteiger partial charge on any atom is 0.322 e. The highest BCUT2D eigenvalue weighted by molar-refractivity contribution is 6.07. The molecule has 0 aromatic heterocycles. The maximum atomic E-state index is 12.3. The molecule has 2 saturated heterocycles. The molecule has 0 unspecified atom stereocenters. The van der Waals surface area contributed by atoms with Crippen LogP contribution in [0.2, 0.25) is 0 Å². The van der Waals surface area contributed by atoms with Gasteiger partial charge in [-0.25, -0.2) is 4.79 Å². The quantitative estimate of drug-likeness (QED) is 0.567. The van der Waals surface area contributed by atoms with Gasteiger partial charge in [0.15, 0.2) is 0 Å². The fourth-order valence-electron chi connectivity index (χ4n) is 2.56. The Morgan fingerprint density at radius 2 is 1.85 bits per heavy atom. The molecular weight excluding hydrogens is 260 g/mol. The minimum absolute atomic E-state index is 0.0999. The zero-order valence-corrected chi connectivity index (χ0v) is 12.2. The molecule has 0 aromatic rings. The van der Waals surface area contributed by atoms with Crippen molar-refractivity contribution in [1.82, 2.24) is 15.5 Å². The summed E-state index contributed by atoms with van der Waals surface area (Å²) in [6.45, 7) is 6.62. The van der Waals surface area contributed by atoms with E-state index in [-0.39, 0.29) is 17.2 Å². The topological polar surface area (TPSA) is 105 Å². The monoisotopic (exact) mass is 282 g/mol. The molecule has 112 valence electrons. The Kier molecular flexibility index (Phi) is 3.49. The molecule has 1 atom stereocenters. The molecule has 0 aliphatic carbocycles. The van der Waals surface area contributed by atoms with Gasteiger partial charge in [-0.1, -0.05) is 20.8 Å². The summed E-state index contributed by atoms with van der Waals surface area (Å²) >= 11 is 0. The van der Waals surface area contributed by atoms with E-state index in [1.165, 1.54) is 0 Å². The largest absolute Gasteiger partial charge is 0.341 e.